The normalized spacial score (nSPS) is 11.5. The highest BCUT2D eigenvalue weighted by atomic mass is 31.2. The van der Waals surface area contributed by atoms with E-state index in [1.54, 1.807) is 7.11 Å². The summed E-state index contributed by atoms with van der Waals surface area (Å²) in [5, 5.41) is 1.95. The highest BCUT2D eigenvalue weighted by Crippen LogP contribution is 2.44. The Labute approximate surface area is 140 Å². The Balaban J connectivity index is 2.00. The largest absolute Gasteiger partial charge is 0.385 e. The summed E-state index contributed by atoms with van der Waals surface area (Å²) in [5.74, 6) is 0. The summed E-state index contributed by atoms with van der Waals surface area (Å²) in [7, 11) is -0.764. The van der Waals surface area contributed by atoms with Crippen LogP contribution in [0.25, 0.3) is 0 Å². The number of methoxy groups -OCH3 is 1. The van der Waals surface area contributed by atoms with Crippen molar-refractivity contribution in [1.29, 1.82) is 0 Å². The number of ether oxygens (including phenoxy) is 1. The molecule has 0 unspecified atom stereocenters. The van der Waals surface area contributed by atoms with Crippen molar-refractivity contribution in [2.75, 3.05) is 19.9 Å². The molecule has 124 valence electrons. The fourth-order valence-electron chi connectivity index (χ4n) is 2.86. The zero-order valence-electron chi connectivity index (χ0n) is 14.0. The molecule has 23 heavy (non-hydrogen) atoms. The first kappa shape index (κ1) is 18.0. The van der Waals surface area contributed by atoms with E-state index in [4.69, 9.17) is 4.74 Å². The minimum absolute atomic E-state index is 0.755. The average molecular weight is 330 g/mol. The predicted molar refractivity (Wildman–Crippen MR) is 99.6 cm³/mol. The van der Waals surface area contributed by atoms with Crippen molar-refractivity contribution in [3.63, 3.8) is 0 Å². The third-order valence-electron chi connectivity index (χ3n) is 4.17. The van der Waals surface area contributed by atoms with Crippen molar-refractivity contribution in [3.05, 3.63) is 60.7 Å². The van der Waals surface area contributed by atoms with Gasteiger partial charge in [-0.1, -0.05) is 79.9 Å². The molecule has 0 fully saturated rings. The third kappa shape index (κ3) is 5.34. The van der Waals surface area contributed by atoms with Gasteiger partial charge in [-0.2, -0.15) is 0 Å². The molecule has 0 aliphatic rings. The Hall–Kier alpha value is -1.37. The lowest BCUT2D eigenvalue weighted by Gasteiger charge is -2.19. The molecular formula is C20H27O2P. The van der Waals surface area contributed by atoms with Crippen LogP contribution < -0.4 is 10.6 Å². The molecule has 0 radical (unpaired) electrons. The average Bonchev–Trinajstić information content (AvgIpc) is 2.62. The van der Waals surface area contributed by atoms with Gasteiger partial charge in [0, 0.05) is 30.5 Å². The molecule has 2 nitrogen and oxygen atoms in total. The van der Waals surface area contributed by atoms with Gasteiger partial charge in [-0.15, -0.1) is 0 Å². The Morgan fingerprint density at radius 2 is 1.22 bits per heavy atom. The van der Waals surface area contributed by atoms with Gasteiger partial charge in [0.2, 0.25) is 0 Å². The standard InChI is InChI=1S/C20H27O2P/c1-22-17-11-3-2-4-12-18-23(21,19-13-7-5-8-14-19)20-15-9-6-10-16-20/h5-10,13-16H,2-4,11-12,17-18H2,1H3. The smallest absolute Gasteiger partial charge is 0.143 e. The van der Waals surface area contributed by atoms with E-state index in [0.29, 0.717) is 0 Å². The van der Waals surface area contributed by atoms with Gasteiger partial charge < -0.3 is 9.30 Å². The minimum Gasteiger partial charge on any atom is -0.385 e. The highest BCUT2D eigenvalue weighted by Gasteiger charge is 2.26. The monoisotopic (exact) mass is 330 g/mol. The molecule has 3 heteroatoms. The topological polar surface area (TPSA) is 26.3 Å². The van der Waals surface area contributed by atoms with Crippen molar-refractivity contribution in [3.8, 4) is 0 Å². The van der Waals surface area contributed by atoms with E-state index in [2.05, 4.69) is 0 Å². The molecule has 2 aromatic rings. The van der Waals surface area contributed by atoms with Gasteiger partial charge in [0.1, 0.15) is 7.14 Å². The van der Waals surface area contributed by atoms with Crippen LogP contribution in [-0.2, 0) is 9.30 Å². The SMILES string of the molecule is COCCCCCCCP(=O)(c1ccccc1)c1ccccc1. The van der Waals surface area contributed by atoms with Crippen molar-refractivity contribution in [1.82, 2.24) is 0 Å². The van der Waals surface area contributed by atoms with E-state index in [9.17, 15) is 4.57 Å². The Morgan fingerprint density at radius 1 is 0.739 bits per heavy atom. The lowest BCUT2D eigenvalue weighted by atomic mass is 10.2. The molecule has 0 bridgehead atoms. The van der Waals surface area contributed by atoms with E-state index >= 15 is 0 Å². The number of unbranched alkanes of at least 4 members (excludes halogenated alkanes) is 4. The van der Waals surface area contributed by atoms with Gasteiger partial charge in [0.05, 0.1) is 0 Å². The number of hydrogen-bond acceptors (Lipinski definition) is 2. The van der Waals surface area contributed by atoms with Crippen LogP contribution in [0.3, 0.4) is 0 Å². The molecule has 0 aliphatic heterocycles. The quantitative estimate of drug-likeness (QED) is 0.470. The lowest BCUT2D eigenvalue weighted by Crippen LogP contribution is -2.18. The van der Waals surface area contributed by atoms with Crippen molar-refractivity contribution < 1.29 is 9.30 Å². The predicted octanol–water partition coefficient (Wildman–Crippen LogP) is 4.60. The molecule has 0 aliphatic carbocycles. The summed E-state index contributed by atoms with van der Waals surface area (Å²) in [6.45, 7) is 0.840. The highest BCUT2D eigenvalue weighted by molar-refractivity contribution is 7.78. The summed E-state index contributed by atoms with van der Waals surface area (Å²) in [4.78, 5) is 0. The van der Waals surface area contributed by atoms with Crippen molar-refractivity contribution in [2.45, 2.75) is 32.1 Å². The van der Waals surface area contributed by atoms with E-state index in [1.807, 2.05) is 60.7 Å². The van der Waals surface area contributed by atoms with E-state index in [-0.39, 0.29) is 0 Å². The first-order chi connectivity index (χ1) is 11.3. The summed E-state index contributed by atoms with van der Waals surface area (Å²) in [6, 6.07) is 19.9. The number of benzene rings is 2. The Kier molecular flexibility index (Phi) is 7.58. The molecule has 0 heterocycles. The second kappa shape index (κ2) is 9.70. The minimum atomic E-state index is -2.51. The van der Waals surface area contributed by atoms with E-state index in [1.165, 1.54) is 12.8 Å². The first-order valence-electron chi connectivity index (χ1n) is 8.46. The molecule has 0 spiro atoms. The molecular weight excluding hydrogens is 303 g/mol. The van der Waals surface area contributed by atoms with E-state index in [0.717, 1.165) is 42.6 Å². The van der Waals surface area contributed by atoms with Crippen molar-refractivity contribution >= 4 is 17.8 Å². The van der Waals surface area contributed by atoms with Crippen LogP contribution in [0.2, 0.25) is 0 Å². The molecule has 0 aromatic heterocycles. The molecule has 2 rings (SSSR count). The maximum Gasteiger partial charge on any atom is 0.143 e. The Morgan fingerprint density at radius 3 is 1.74 bits per heavy atom. The first-order valence-corrected chi connectivity index (χ1v) is 10.4. The van der Waals surface area contributed by atoms with Gasteiger partial charge in [-0.05, 0) is 12.8 Å². The van der Waals surface area contributed by atoms with Crippen LogP contribution in [0.5, 0.6) is 0 Å². The molecule has 0 N–H and O–H groups in total. The van der Waals surface area contributed by atoms with Crippen LogP contribution >= 0.6 is 7.14 Å². The molecule has 2 aromatic carbocycles. The van der Waals surface area contributed by atoms with Crippen LogP contribution in [0.4, 0.5) is 0 Å². The van der Waals surface area contributed by atoms with Crippen LogP contribution in [0.1, 0.15) is 32.1 Å². The summed E-state index contributed by atoms with van der Waals surface area (Å²) < 4.78 is 18.8. The van der Waals surface area contributed by atoms with Crippen LogP contribution in [0.15, 0.2) is 60.7 Å². The van der Waals surface area contributed by atoms with Gasteiger partial charge >= 0.3 is 0 Å². The van der Waals surface area contributed by atoms with Gasteiger partial charge in [0.25, 0.3) is 0 Å². The number of hydrogen-bond donors (Lipinski definition) is 0. The molecule has 0 saturated heterocycles. The Bertz CT molecular complexity index is 552. The maximum atomic E-state index is 13.7. The molecule has 0 saturated carbocycles. The summed E-state index contributed by atoms with van der Waals surface area (Å²) in [5.41, 5.74) is 0. The lowest BCUT2D eigenvalue weighted by molar-refractivity contribution is 0.192. The maximum absolute atomic E-state index is 13.7. The molecule has 0 atom stereocenters. The fraction of sp³-hybridized carbons (Fsp3) is 0.400. The third-order valence-corrected chi connectivity index (χ3v) is 7.38. The summed E-state index contributed by atoms with van der Waals surface area (Å²) in [6.07, 6.45) is 6.39. The number of rotatable bonds is 10. The molecule has 0 amide bonds. The zero-order valence-corrected chi connectivity index (χ0v) is 14.9. The summed E-state index contributed by atoms with van der Waals surface area (Å²) >= 11 is 0. The second-order valence-corrected chi connectivity index (χ2v) is 8.85. The second-order valence-electron chi connectivity index (χ2n) is 5.89. The zero-order chi connectivity index (χ0) is 16.4. The van der Waals surface area contributed by atoms with Crippen LogP contribution in [0, 0.1) is 0 Å². The van der Waals surface area contributed by atoms with Gasteiger partial charge in [-0.3, -0.25) is 0 Å². The van der Waals surface area contributed by atoms with Crippen LogP contribution in [-0.4, -0.2) is 19.9 Å². The van der Waals surface area contributed by atoms with Gasteiger partial charge in [0.15, 0.2) is 0 Å². The van der Waals surface area contributed by atoms with Crippen molar-refractivity contribution in [2.24, 2.45) is 0 Å². The van der Waals surface area contributed by atoms with E-state index < -0.39 is 7.14 Å². The fourth-order valence-corrected chi connectivity index (χ4v) is 5.65. The van der Waals surface area contributed by atoms with Gasteiger partial charge in [-0.25, -0.2) is 0 Å².